The van der Waals surface area contributed by atoms with Crippen LogP contribution < -0.4 is 5.32 Å². The fourth-order valence-electron chi connectivity index (χ4n) is 2.28. The van der Waals surface area contributed by atoms with E-state index in [0.29, 0.717) is 0 Å². The fourth-order valence-corrected chi connectivity index (χ4v) is 2.28. The number of halogens is 6. The SMILES string of the molecule is C1=CCC(CN2CCNCC2)CC1.O=C(O)C(F)(F)F.O=C(O)C(F)(F)F. The number of nitrogens with zero attached hydrogens (tertiary/aromatic N) is 1. The van der Waals surface area contributed by atoms with Crippen molar-refractivity contribution in [2.75, 3.05) is 32.7 Å². The third kappa shape index (κ3) is 13.1. The van der Waals surface area contributed by atoms with Crippen molar-refractivity contribution < 1.29 is 46.1 Å². The van der Waals surface area contributed by atoms with Crippen molar-refractivity contribution in [2.45, 2.75) is 31.6 Å². The van der Waals surface area contributed by atoms with Gasteiger partial charge in [0.25, 0.3) is 0 Å². The summed E-state index contributed by atoms with van der Waals surface area (Å²) >= 11 is 0. The van der Waals surface area contributed by atoms with E-state index in [-0.39, 0.29) is 0 Å². The average molecular weight is 408 g/mol. The largest absolute Gasteiger partial charge is 0.490 e. The quantitative estimate of drug-likeness (QED) is 0.481. The number of nitrogens with one attached hydrogen (secondary N) is 1. The van der Waals surface area contributed by atoms with E-state index in [1.807, 2.05) is 0 Å². The number of rotatable bonds is 2. The molecule has 0 spiro atoms. The number of allylic oxidation sites excluding steroid dienone is 2. The first-order valence-corrected chi connectivity index (χ1v) is 8.02. The second kappa shape index (κ2) is 11.8. The number of carbonyl (C=O) groups is 2. The lowest BCUT2D eigenvalue weighted by Gasteiger charge is -2.31. The second-order valence-corrected chi connectivity index (χ2v) is 5.81. The summed E-state index contributed by atoms with van der Waals surface area (Å²) in [7, 11) is 0. The highest BCUT2D eigenvalue weighted by Gasteiger charge is 2.38. The van der Waals surface area contributed by atoms with E-state index in [4.69, 9.17) is 19.8 Å². The van der Waals surface area contributed by atoms with Crippen LogP contribution >= 0.6 is 0 Å². The maximum absolute atomic E-state index is 10.6. The normalized spacial score (nSPS) is 20.6. The van der Waals surface area contributed by atoms with Crippen LogP contribution in [-0.2, 0) is 9.59 Å². The molecule has 0 aromatic rings. The first kappa shape index (κ1) is 25.2. The lowest BCUT2D eigenvalue weighted by atomic mass is 9.94. The van der Waals surface area contributed by atoms with E-state index in [2.05, 4.69) is 22.4 Å². The standard InChI is InChI=1S/C11H20N2.2C2HF3O2/c1-2-4-11(5-3-1)10-13-8-6-12-7-9-13;2*3-2(4,5)1(6)7/h1-2,11-12H,3-10H2;2*(H,6,7). The lowest BCUT2D eigenvalue weighted by molar-refractivity contribution is -0.193. The number of piperazine rings is 1. The third-order valence-corrected chi connectivity index (χ3v) is 3.59. The van der Waals surface area contributed by atoms with Gasteiger partial charge in [0, 0.05) is 32.7 Å². The molecule has 158 valence electrons. The third-order valence-electron chi connectivity index (χ3n) is 3.59. The highest BCUT2D eigenvalue weighted by Crippen LogP contribution is 2.19. The molecule has 0 aromatic heterocycles. The summed E-state index contributed by atoms with van der Waals surface area (Å²) in [4.78, 5) is 20.4. The van der Waals surface area contributed by atoms with Gasteiger partial charge in [0.15, 0.2) is 0 Å². The number of alkyl halides is 6. The van der Waals surface area contributed by atoms with Crippen LogP contribution in [-0.4, -0.2) is 72.1 Å². The molecule has 0 radical (unpaired) electrons. The van der Waals surface area contributed by atoms with Gasteiger partial charge in [-0.25, -0.2) is 9.59 Å². The van der Waals surface area contributed by atoms with E-state index in [0.717, 1.165) is 5.92 Å². The van der Waals surface area contributed by atoms with Gasteiger partial charge in [0.05, 0.1) is 0 Å². The van der Waals surface area contributed by atoms with Crippen molar-refractivity contribution in [1.82, 2.24) is 10.2 Å². The summed E-state index contributed by atoms with van der Waals surface area (Å²) in [5.41, 5.74) is 0. The Bertz CT molecular complexity index is 464. The van der Waals surface area contributed by atoms with Gasteiger partial charge in [-0.05, 0) is 25.2 Å². The van der Waals surface area contributed by atoms with Crippen molar-refractivity contribution in [1.29, 1.82) is 0 Å². The number of aliphatic carboxylic acids is 2. The minimum Gasteiger partial charge on any atom is -0.475 e. The summed E-state index contributed by atoms with van der Waals surface area (Å²) in [6.45, 7) is 6.19. The molecule has 3 N–H and O–H groups in total. The van der Waals surface area contributed by atoms with Gasteiger partial charge in [-0.1, -0.05) is 12.2 Å². The molecule has 1 fully saturated rings. The van der Waals surface area contributed by atoms with E-state index in [1.54, 1.807) is 0 Å². The number of hydrogen-bond acceptors (Lipinski definition) is 4. The van der Waals surface area contributed by atoms with Gasteiger partial charge < -0.3 is 20.4 Å². The van der Waals surface area contributed by atoms with Crippen molar-refractivity contribution in [2.24, 2.45) is 5.92 Å². The molecule has 12 heteroatoms. The topological polar surface area (TPSA) is 89.9 Å². The molecule has 1 unspecified atom stereocenters. The Hall–Kier alpha value is -1.82. The summed E-state index contributed by atoms with van der Waals surface area (Å²) in [6, 6.07) is 0. The minimum atomic E-state index is -5.08. The number of carboxylic acid groups (broad SMARTS) is 2. The van der Waals surface area contributed by atoms with Gasteiger partial charge in [-0.3, -0.25) is 0 Å². The molecule has 0 amide bonds. The predicted molar refractivity (Wildman–Crippen MR) is 83.2 cm³/mol. The van der Waals surface area contributed by atoms with E-state index in [9.17, 15) is 26.3 Å². The summed E-state index contributed by atoms with van der Waals surface area (Å²) in [5.74, 6) is -4.58. The summed E-state index contributed by atoms with van der Waals surface area (Å²) in [5, 5.41) is 17.6. The van der Waals surface area contributed by atoms with Gasteiger partial charge in [-0.2, -0.15) is 26.3 Å². The van der Waals surface area contributed by atoms with Gasteiger partial charge in [-0.15, -0.1) is 0 Å². The maximum atomic E-state index is 10.6. The Morgan fingerprint density at radius 2 is 1.41 bits per heavy atom. The Balaban J connectivity index is 0.000000416. The Labute approximate surface area is 151 Å². The molecule has 0 saturated carbocycles. The van der Waals surface area contributed by atoms with Crippen molar-refractivity contribution in [3.05, 3.63) is 12.2 Å². The highest BCUT2D eigenvalue weighted by atomic mass is 19.4. The molecular weight excluding hydrogens is 386 g/mol. The zero-order chi connectivity index (χ0) is 21.1. The van der Waals surface area contributed by atoms with Crippen LogP contribution in [0.15, 0.2) is 12.2 Å². The van der Waals surface area contributed by atoms with Crippen LogP contribution in [0.4, 0.5) is 26.3 Å². The fraction of sp³-hybridized carbons (Fsp3) is 0.733. The number of hydrogen-bond donors (Lipinski definition) is 3. The summed E-state index contributed by atoms with van der Waals surface area (Å²) in [6.07, 6.45) is -1.47. The Kier molecular flexibility index (Phi) is 11.0. The van der Waals surface area contributed by atoms with Crippen LogP contribution in [0.2, 0.25) is 0 Å². The molecule has 2 aliphatic rings. The van der Waals surface area contributed by atoms with E-state index in [1.165, 1.54) is 52.0 Å². The molecule has 2 rings (SSSR count). The molecule has 6 nitrogen and oxygen atoms in total. The van der Waals surface area contributed by atoms with Crippen molar-refractivity contribution in [3.8, 4) is 0 Å². The molecule has 1 heterocycles. The van der Waals surface area contributed by atoms with Gasteiger partial charge in [0.2, 0.25) is 0 Å². The molecule has 1 aliphatic heterocycles. The van der Waals surface area contributed by atoms with Crippen LogP contribution in [0, 0.1) is 5.92 Å². The zero-order valence-corrected chi connectivity index (χ0v) is 14.3. The van der Waals surface area contributed by atoms with Crippen LogP contribution in [0.25, 0.3) is 0 Å². The van der Waals surface area contributed by atoms with Gasteiger partial charge >= 0.3 is 24.3 Å². The first-order valence-electron chi connectivity index (χ1n) is 8.02. The maximum Gasteiger partial charge on any atom is 0.490 e. The first-order chi connectivity index (χ1) is 12.3. The highest BCUT2D eigenvalue weighted by molar-refractivity contribution is 5.73. The average Bonchev–Trinajstić information content (AvgIpc) is 2.56. The Morgan fingerprint density at radius 3 is 1.74 bits per heavy atom. The molecule has 0 bridgehead atoms. The van der Waals surface area contributed by atoms with Crippen LogP contribution in [0.1, 0.15) is 19.3 Å². The van der Waals surface area contributed by atoms with E-state index < -0.39 is 24.3 Å². The predicted octanol–water partition coefficient (Wildman–Crippen LogP) is 2.51. The monoisotopic (exact) mass is 408 g/mol. The molecule has 1 atom stereocenters. The van der Waals surface area contributed by atoms with Crippen LogP contribution in [0.3, 0.4) is 0 Å². The molecule has 27 heavy (non-hydrogen) atoms. The minimum absolute atomic E-state index is 0.933. The van der Waals surface area contributed by atoms with Crippen molar-refractivity contribution in [3.63, 3.8) is 0 Å². The molecule has 1 aliphatic carbocycles. The number of carboxylic acids is 2. The summed E-state index contributed by atoms with van der Waals surface area (Å²) < 4.78 is 63.5. The van der Waals surface area contributed by atoms with E-state index >= 15 is 0 Å². The van der Waals surface area contributed by atoms with Crippen molar-refractivity contribution >= 4 is 11.9 Å². The smallest absolute Gasteiger partial charge is 0.475 e. The lowest BCUT2D eigenvalue weighted by Crippen LogP contribution is -2.45. The molecule has 1 saturated heterocycles. The van der Waals surface area contributed by atoms with Gasteiger partial charge in [0.1, 0.15) is 0 Å². The molecule has 0 aromatic carbocycles. The van der Waals surface area contributed by atoms with Crippen LogP contribution in [0.5, 0.6) is 0 Å². The zero-order valence-electron chi connectivity index (χ0n) is 14.3. The Morgan fingerprint density at radius 1 is 0.963 bits per heavy atom. The second-order valence-electron chi connectivity index (χ2n) is 5.81. The molecular formula is C15H22F6N2O4.